The van der Waals surface area contributed by atoms with E-state index in [1.165, 1.54) is 0 Å². The van der Waals surface area contributed by atoms with E-state index < -0.39 is 0 Å². The molecule has 0 aliphatic heterocycles. The minimum absolute atomic E-state index is 0.144. The van der Waals surface area contributed by atoms with E-state index in [1.54, 1.807) is 7.11 Å². The molecule has 0 aliphatic rings. The molecular weight excluding hydrogens is 280 g/mol. The second-order valence-electron chi connectivity index (χ2n) is 5.14. The number of hydrogen-bond donors (Lipinski definition) is 0. The Morgan fingerprint density at radius 3 is 2.59 bits per heavy atom. The number of hydrogen-bond acceptors (Lipinski definition) is 2. The molecule has 94 valence electrons. The van der Waals surface area contributed by atoms with E-state index in [0.29, 0.717) is 6.42 Å². The van der Waals surface area contributed by atoms with E-state index in [1.807, 2.05) is 45.0 Å². The largest absolute Gasteiger partial charge is 0.497 e. The van der Waals surface area contributed by atoms with Crippen LogP contribution in [-0.4, -0.2) is 17.7 Å². The molecule has 0 saturated heterocycles. The van der Waals surface area contributed by atoms with Crippen molar-refractivity contribution in [2.75, 3.05) is 7.11 Å². The number of Topliss-reactive ketones (excluding diaryl/α,β-unsaturated/α-hetero) is 1. The number of rotatable bonds is 4. The molecule has 2 nitrogen and oxygen atoms in total. The number of benzene rings is 1. The number of methoxy groups -OCH3 is 1. The zero-order valence-corrected chi connectivity index (χ0v) is 12.4. The summed E-state index contributed by atoms with van der Waals surface area (Å²) in [5.74, 6) is 1.05. The predicted molar refractivity (Wildman–Crippen MR) is 73.9 cm³/mol. The van der Waals surface area contributed by atoms with Gasteiger partial charge in [0.05, 0.1) is 11.9 Å². The van der Waals surface area contributed by atoms with E-state index in [9.17, 15) is 4.79 Å². The summed E-state index contributed by atoms with van der Waals surface area (Å²) >= 11 is 3.47. The fourth-order valence-corrected chi connectivity index (χ4v) is 2.63. The van der Waals surface area contributed by atoms with Crippen LogP contribution < -0.4 is 4.74 Å². The first-order valence-corrected chi connectivity index (χ1v) is 6.57. The first kappa shape index (κ1) is 14.2. The highest BCUT2D eigenvalue weighted by Crippen LogP contribution is 2.24. The SMILES string of the molecule is COc1cccc(CC(Br)C(=O)C(C)(C)C)c1. The van der Waals surface area contributed by atoms with Gasteiger partial charge in [0.15, 0.2) is 5.78 Å². The third-order valence-corrected chi connectivity index (χ3v) is 3.31. The molecule has 0 radical (unpaired) electrons. The van der Waals surface area contributed by atoms with E-state index >= 15 is 0 Å². The lowest BCUT2D eigenvalue weighted by Gasteiger charge is -2.20. The monoisotopic (exact) mass is 298 g/mol. The molecule has 0 fully saturated rings. The van der Waals surface area contributed by atoms with Gasteiger partial charge in [0.2, 0.25) is 0 Å². The Labute approximate surface area is 111 Å². The smallest absolute Gasteiger partial charge is 0.152 e. The lowest BCUT2D eigenvalue weighted by Crippen LogP contribution is -2.29. The van der Waals surface area contributed by atoms with Crippen molar-refractivity contribution in [2.45, 2.75) is 32.0 Å². The third-order valence-electron chi connectivity index (χ3n) is 2.57. The van der Waals surface area contributed by atoms with Crippen LogP contribution in [0.3, 0.4) is 0 Å². The van der Waals surface area contributed by atoms with Gasteiger partial charge in [-0.1, -0.05) is 48.8 Å². The molecular formula is C14H19BrO2. The summed E-state index contributed by atoms with van der Waals surface area (Å²) < 4.78 is 5.16. The Hall–Kier alpha value is -0.830. The lowest BCUT2D eigenvalue weighted by atomic mass is 9.87. The van der Waals surface area contributed by atoms with Crippen molar-refractivity contribution in [3.63, 3.8) is 0 Å². The molecule has 1 unspecified atom stereocenters. The number of alkyl halides is 1. The highest BCUT2D eigenvalue weighted by molar-refractivity contribution is 9.10. The van der Waals surface area contributed by atoms with Crippen molar-refractivity contribution in [1.82, 2.24) is 0 Å². The molecule has 0 aromatic heterocycles. The number of ketones is 1. The van der Waals surface area contributed by atoms with Crippen LogP contribution in [0.25, 0.3) is 0 Å². The summed E-state index contributed by atoms with van der Waals surface area (Å²) in [7, 11) is 1.64. The maximum atomic E-state index is 12.0. The van der Waals surface area contributed by atoms with Crippen LogP contribution in [0.4, 0.5) is 0 Å². The van der Waals surface area contributed by atoms with Crippen molar-refractivity contribution in [2.24, 2.45) is 5.41 Å². The molecule has 1 aromatic carbocycles. The molecule has 1 atom stereocenters. The molecule has 0 bridgehead atoms. The van der Waals surface area contributed by atoms with Crippen LogP contribution >= 0.6 is 15.9 Å². The average molecular weight is 299 g/mol. The molecule has 0 aliphatic carbocycles. The fraction of sp³-hybridized carbons (Fsp3) is 0.500. The molecule has 17 heavy (non-hydrogen) atoms. The van der Waals surface area contributed by atoms with Crippen molar-refractivity contribution in [3.8, 4) is 5.75 Å². The van der Waals surface area contributed by atoms with Crippen LogP contribution in [0, 0.1) is 5.41 Å². The molecule has 0 N–H and O–H groups in total. The summed E-state index contributed by atoms with van der Waals surface area (Å²) in [6, 6.07) is 7.81. The maximum Gasteiger partial charge on any atom is 0.152 e. The highest BCUT2D eigenvalue weighted by atomic mass is 79.9. The normalized spacial score (nSPS) is 13.2. The molecule has 1 aromatic rings. The number of halogens is 1. The average Bonchev–Trinajstić information content (AvgIpc) is 2.27. The van der Waals surface area contributed by atoms with Crippen LogP contribution in [0.5, 0.6) is 5.75 Å². The van der Waals surface area contributed by atoms with Gasteiger partial charge in [0, 0.05) is 5.41 Å². The van der Waals surface area contributed by atoms with Crippen molar-refractivity contribution in [1.29, 1.82) is 0 Å². The Morgan fingerprint density at radius 1 is 1.41 bits per heavy atom. The second-order valence-corrected chi connectivity index (χ2v) is 6.24. The van der Waals surface area contributed by atoms with Crippen LogP contribution in [0.15, 0.2) is 24.3 Å². The first-order chi connectivity index (χ1) is 7.84. The Morgan fingerprint density at radius 2 is 2.06 bits per heavy atom. The van der Waals surface area contributed by atoms with Gasteiger partial charge in [-0.15, -0.1) is 0 Å². The summed E-state index contributed by atoms with van der Waals surface area (Å²) in [5.41, 5.74) is 0.788. The summed E-state index contributed by atoms with van der Waals surface area (Å²) in [6.45, 7) is 5.82. The van der Waals surface area contributed by atoms with Gasteiger partial charge < -0.3 is 4.74 Å². The quantitative estimate of drug-likeness (QED) is 0.794. The van der Waals surface area contributed by atoms with Gasteiger partial charge in [-0.25, -0.2) is 0 Å². The second kappa shape index (κ2) is 5.67. The molecule has 3 heteroatoms. The molecule has 0 saturated carbocycles. The number of ether oxygens (including phenoxy) is 1. The first-order valence-electron chi connectivity index (χ1n) is 5.66. The Bertz CT molecular complexity index is 393. The molecule has 0 amide bonds. The Balaban J connectivity index is 2.74. The highest BCUT2D eigenvalue weighted by Gasteiger charge is 2.27. The van der Waals surface area contributed by atoms with Crippen molar-refractivity contribution >= 4 is 21.7 Å². The third kappa shape index (κ3) is 4.15. The van der Waals surface area contributed by atoms with E-state index in [2.05, 4.69) is 15.9 Å². The standard InChI is InChI=1S/C14H19BrO2/c1-14(2,3)13(16)12(15)9-10-6-5-7-11(8-10)17-4/h5-8,12H,9H2,1-4H3. The zero-order valence-electron chi connectivity index (χ0n) is 10.8. The number of carbonyl (C=O) groups is 1. The van der Waals surface area contributed by atoms with E-state index in [0.717, 1.165) is 11.3 Å². The maximum absolute atomic E-state index is 12.0. The summed E-state index contributed by atoms with van der Waals surface area (Å²) in [5, 5.41) is 0. The van der Waals surface area contributed by atoms with Gasteiger partial charge in [0.25, 0.3) is 0 Å². The minimum atomic E-state index is -0.312. The van der Waals surface area contributed by atoms with Gasteiger partial charge in [-0.3, -0.25) is 4.79 Å². The van der Waals surface area contributed by atoms with E-state index in [-0.39, 0.29) is 16.0 Å². The molecule has 1 rings (SSSR count). The lowest BCUT2D eigenvalue weighted by molar-refractivity contribution is -0.125. The zero-order chi connectivity index (χ0) is 13.1. The van der Waals surface area contributed by atoms with E-state index in [4.69, 9.17) is 4.74 Å². The van der Waals surface area contributed by atoms with Gasteiger partial charge in [0.1, 0.15) is 5.75 Å². The minimum Gasteiger partial charge on any atom is -0.497 e. The van der Waals surface area contributed by atoms with Crippen LogP contribution in [0.1, 0.15) is 26.3 Å². The summed E-state index contributed by atoms with van der Waals surface area (Å²) in [6.07, 6.45) is 0.688. The number of carbonyl (C=O) groups excluding carboxylic acids is 1. The molecule has 0 spiro atoms. The van der Waals surface area contributed by atoms with Crippen molar-refractivity contribution in [3.05, 3.63) is 29.8 Å². The summed E-state index contributed by atoms with van der Waals surface area (Å²) in [4.78, 5) is 11.9. The van der Waals surface area contributed by atoms with Crippen molar-refractivity contribution < 1.29 is 9.53 Å². The van der Waals surface area contributed by atoms with Gasteiger partial charge >= 0.3 is 0 Å². The van der Waals surface area contributed by atoms with Crippen LogP contribution in [0.2, 0.25) is 0 Å². The Kier molecular flexibility index (Phi) is 4.75. The van der Waals surface area contributed by atoms with Crippen LogP contribution in [-0.2, 0) is 11.2 Å². The fourth-order valence-electron chi connectivity index (χ4n) is 1.57. The topological polar surface area (TPSA) is 26.3 Å². The van der Waals surface area contributed by atoms with Gasteiger partial charge in [-0.05, 0) is 24.1 Å². The molecule has 0 heterocycles. The van der Waals surface area contributed by atoms with Gasteiger partial charge in [-0.2, -0.15) is 0 Å². The predicted octanol–water partition coefficient (Wildman–Crippen LogP) is 3.62.